The third kappa shape index (κ3) is 4.70. The summed E-state index contributed by atoms with van der Waals surface area (Å²) < 4.78 is 25.5. The lowest BCUT2D eigenvalue weighted by Crippen LogP contribution is -2.13. The molecule has 0 aromatic heterocycles. The van der Waals surface area contributed by atoms with Crippen molar-refractivity contribution >= 4 is 6.08 Å². The van der Waals surface area contributed by atoms with Gasteiger partial charge in [0, 0.05) is 13.0 Å². The molecule has 0 spiro atoms. The highest BCUT2D eigenvalue weighted by molar-refractivity contribution is 5.50. The fourth-order valence-electron chi connectivity index (χ4n) is 1.37. The maximum atomic E-state index is 12.8. The largest absolute Gasteiger partial charge is 0.327 e. The van der Waals surface area contributed by atoms with Crippen LogP contribution in [0.3, 0.4) is 0 Å². The molecule has 1 aromatic rings. The minimum Gasteiger partial charge on any atom is -0.327 e. The van der Waals surface area contributed by atoms with E-state index in [1.807, 2.05) is 12.1 Å². The van der Waals surface area contributed by atoms with E-state index < -0.39 is 5.92 Å². The Morgan fingerprint density at radius 2 is 2.13 bits per heavy atom. The van der Waals surface area contributed by atoms with Crippen molar-refractivity contribution in [2.24, 2.45) is 5.73 Å². The standard InChI is InChI=1S/C12H15F2N/c1-12(13,14)9-11-5-2-4-10(8-11)6-3-7-15/h2-6,8H,7,9,15H2,1H3/b6-3+. The molecule has 2 N–H and O–H groups in total. The Balaban J connectivity index is 2.79. The van der Waals surface area contributed by atoms with Gasteiger partial charge in [-0.2, -0.15) is 0 Å². The zero-order chi connectivity index (χ0) is 11.3. The molecule has 0 bridgehead atoms. The number of benzene rings is 1. The number of hydrogen-bond donors (Lipinski definition) is 1. The second-order valence-corrected chi connectivity index (χ2v) is 3.63. The number of hydrogen-bond acceptors (Lipinski definition) is 1. The molecule has 82 valence electrons. The van der Waals surface area contributed by atoms with Crippen LogP contribution >= 0.6 is 0 Å². The van der Waals surface area contributed by atoms with Crippen molar-refractivity contribution in [3.8, 4) is 0 Å². The number of nitrogens with two attached hydrogens (primary N) is 1. The van der Waals surface area contributed by atoms with Gasteiger partial charge in [-0.05, 0) is 18.1 Å². The number of rotatable bonds is 4. The molecule has 3 heteroatoms. The van der Waals surface area contributed by atoms with E-state index in [0.717, 1.165) is 12.5 Å². The smallest absolute Gasteiger partial charge is 0.249 e. The minimum absolute atomic E-state index is 0.225. The summed E-state index contributed by atoms with van der Waals surface area (Å²) in [4.78, 5) is 0. The molecule has 0 unspecified atom stereocenters. The fraction of sp³-hybridized carbons (Fsp3) is 0.333. The summed E-state index contributed by atoms with van der Waals surface area (Å²) in [5, 5.41) is 0. The lowest BCUT2D eigenvalue weighted by atomic mass is 10.0. The van der Waals surface area contributed by atoms with Crippen LogP contribution in [0.25, 0.3) is 6.08 Å². The quantitative estimate of drug-likeness (QED) is 0.814. The molecule has 15 heavy (non-hydrogen) atoms. The van der Waals surface area contributed by atoms with Gasteiger partial charge in [-0.1, -0.05) is 36.4 Å². The van der Waals surface area contributed by atoms with Crippen LogP contribution in [0.4, 0.5) is 8.78 Å². The maximum Gasteiger partial charge on any atom is 0.249 e. The van der Waals surface area contributed by atoms with Gasteiger partial charge in [0.2, 0.25) is 5.92 Å². The summed E-state index contributed by atoms with van der Waals surface area (Å²) in [7, 11) is 0. The highest BCUT2D eigenvalue weighted by Crippen LogP contribution is 2.19. The Labute approximate surface area is 88.6 Å². The van der Waals surface area contributed by atoms with Crippen LogP contribution in [0.1, 0.15) is 18.1 Å². The van der Waals surface area contributed by atoms with Gasteiger partial charge in [0.1, 0.15) is 0 Å². The average Bonchev–Trinajstić information content (AvgIpc) is 2.12. The topological polar surface area (TPSA) is 26.0 Å². The van der Waals surface area contributed by atoms with Crippen LogP contribution in [-0.4, -0.2) is 12.5 Å². The first kappa shape index (κ1) is 11.9. The first-order valence-electron chi connectivity index (χ1n) is 4.84. The average molecular weight is 211 g/mol. The van der Waals surface area contributed by atoms with Gasteiger partial charge in [0.15, 0.2) is 0 Å². The van der Waals surface area contributed by atoms with Crippen LogP contribution in [0.15, 0.2) is 30.3 Å². The molecular formula is C12H15F2N. The molecule has 0 aliphatic rings. The summed E-state index contributed by atoms with van der Waals surface area (Å²) >= 11 is 0. The van der Waals surface area contributed by atoms with Gasteiger partial charge >= 0.3 is 0 Å². The summed E-state index contributed by atoms with van der Waals surface area (Å²) in [5.74, 6) is -2.66. The van der Waals surface area contributed by atoms with Crippen molar-refractivity contribution in [2.45, 2.75) is 19.3 Å². The van der Waals surface area contributed by atoms with Crippen molar-refractivity contribution in [3.63, 3.8) is 0 Å². The molecule has 0 saturated heterocycles. The van der Waals surface area contributed by atoms with Crippen molar-refractivity contribution < 1.29 is 8.78 Å². The van der Waals surface area contributed by atoms with Crippen LogP contribution in [0.5, 0.6) is 0 Å². The zero-order valence-corrected chi connectivity index (χ0v) is 8.71. The van der Waals surface area contributed by atoms with Crippen LogP contribution in [0, 0.1) is 0 Å². The SMILES string of the molecule is CC(F)(F)Cc1cccc(/C=C/CN)c1. The van der Waals surface area contributed by atoms with E-state index in [1.54, 1.807) is 24.3 Å². The molecular weight excluding hydrogens is 196 g/mol. The molecule has 0 radical (unpaired) electrons. The van der Waals surface area contributed by atoms with E-state index >= 15 is 0 Å². The lowest BCUT2D eigenvalue weighted by Gasteiger charge is -2.10. The van der Waals surface area contributed by atoms with E-state index in [-0.39, 0.29) is 6.42 Å². The van der Waals surface area contributed by atoms with E-state index in [4.69, 9.17) is 5.73 Å². The molecule has 0 amide bonds. The molecule has 0 aliphatic heterocycles. The summed E-state index contributed by atoms with van der Waals surface area (Å²) in [5.41, 5.74) is 6.85. The second kappa shape index (κ2) is 5.03. The first-order valence-corrected chi connectivity index (χ1v) is 4.84. The normalized spacial score (nSPS) is 12.3. The van der Waals surface area contributed by atoms with Gasteiger partial charge in [0.25, 0.3) is 0 Å². The molecule has 1 rings (SSSR count). The fourth-order valence-corrected chi connectivity index (χ4v) is 1.37. The Morgan fingerprint density at radius 1 is 1.40 bits per heavy atom. The predicted octanol–water partition coefficient (Wildman–Crippen LogP) is 2.86. The third-order valence-corrected chi connectivity index (χ3v) is 1.91. The van der Waals surface area contributed by atoms with Crippen molar-refractivity contribution in [3.05, 3.63) is 41.5 Å². The summed E-state index contributed by atoms with van der Waals surface area (Å²) in [6.07, 6.45) is 3.40. The molecule has 0 aliphatic carbocycles. The predicted molar refractivity (Wildman–Crippen MR) is 58.9 cm³/mol. The van der Waals surface area contributed by atoms with Gasteiger partial charge in [0.05, 0.1) is 0 Å². The molecule has 0 heterocycles. The Hall–Kier alpha value is -1.22. The van der Waals surface area contributed by atoms with Crippen LogP contribution in [-0.2, 0) is 6.42 Å². The van der Waals surface area contributed by atoms with Crippen molar-refractivity contribution in [1.29, 1.82) is 0 Å². The highest BCUT2D eigenvalue weighted by Gasteiger charge is 2.21. The van der Waals surface area contributed by atoms with Gasteiger partial charge in [-0.25, -0.2) is 8.78 Å². The van der Waals surface area contributed by atoms with E-state index in [2.05, 4.69) is 0 Å². The van der Waals surface area contributed by atoms with Crippen molar-refractivity contribution in [1.82, 2.24) is 0 Å². The van der Waals surface area contributed by atoms with Crippen LogP contribution < -0.4 is 5.73 Å². The van der Waals surface area contributed by atoms with Gasteiger partial charge in [-0.15, -0.1) is 0 Å². The Bertz CT molecular complexity index is 340. The molecule has 0 atom stereocenters. The van der Waals surface area contributed by atoms with Gasteiger partial charge in [-0.3, -0.25) is 0 Å². The van der Waals surface area contributed by atoms with E-state index in [0.29, 0.717) is 12.1 Å². The Morgan fingerprint density at radius 3 is 2.73 bits per heavy atom. The number of alkyl halides is 2. The van der Waals surface area contributed by atoms with Crippen LogP contribution in [0.2, 0.25) is 0 Å². The number of halogens is 2. The van der Waals surface area contributed by atoms with Gasteiger partial charge < -0.3 is 5.73 Å². The lowest BCUT2D eigenvalue weighted by molar-refractivity contribution is 0.0226. The summed E-state index contributed by atoms with van der Waals surface area (Å²) in [6, 6.07) is 7.10. The highest BCUT2D eigenvalue weighted by atomic mass is 19.3. The monoisotopic (exact) mass is 211 g/mol. The maximum absolute atomic E-state index is 12.8. The second-order valence-electron chi connectivity index (χ2n) is 3.63. The molecule has 1 nitrogen and oxygen atoms in total. The minimum atomic E-state index is -2.66. The van der Waals surface area contributed by atoms with E-state index in [9.17, 15) is 8.78 Å². The zero-order valence-electron chi connectivity index (χ0n) is 8.71. The van der Waals surface area contributed by atoms with Crippen molar-refractivity contribution in [2.75, 3.05) is 6.54 Å². The molecule has 1 aromatic carbocycles. The van der Waals surface area contributed by atoms with E-state index in [1.165, 1.54) is 0 Å². The third-order valence-electron chi connectivity index (χ3n) is 1.91. The summed E-state index contributed by atoms with van der Waals surface area (Å²) in [6.45, 7) is 1.38. The first-order chi connectivity index (χ1) is 7.01. The molecule has 0 saturated carbocycles. The molecule has 0 fully saturated rings. The Kier molecular flexibility index (Phi) is 3.97.